The van der Waals surface area contributed by atoms with Gasteiger partial charge in [0, 0.05) is 23.2 Å². The van der Waals surface area contributed by atoms with Crippen LogP contribution in [0.5, 0.6) is 0 Å². The topological polar surface area (TPSA) is 22.0 Å². The summed E-state index contributed by atoms with van der Waals surface area (Å²) in [4.78, 5) is 11.6. The summed E-state index contributed by atoms with van der Waals surface area (Å²) in [6, 6.07) is 7.74. The highest BCUT2D eigenvalue weighted by atomic mass is 35.5. The van der Waals surface area contributed by atoms with Crippen molar-refractivity contribution >= 4 is 28.3 Å². The van der Waals surface area contributed by atoms with E-state index >= 15 is 0 Å². The van der Waals surface area contributed by atoms with E-state index in [0.29, 0.717) is 18.0 Å². The fraction of sp³-hybridized carbons (Fsp3) is 0.308. The standard InChI is InChI=1S/C13H14ClNO/c1-2-3-12(16)9-15-7-6-10-4-5-11(14)8-13(10)15/h4-8H,2-3,9H2,1H3. The number of hydrogen-bond acceptors (Lipinski definition) is 1. The van der Waals surface area contributed by atoms with Crippen molar-refractivity contribution in [3.05, 3.63) is 35.5 Å². The first-order valence-corrected chi connectivity index (χ1v) is 5.84. The quantitative estimate of drug-likeness (QED) is 0.793. The van der Waals surface area contributed by atoms with Gasteiger partial charge >= 0.3 is 0 Å². The molecule has 1 aromatic heterocycles. The van der Waals surface area contributed by atoms with Crippen molar-refractivity contribution in [1.29, 1.82) is 0 Å². The van der Waals surface area contributed by atoms with Crippen LogP contribution in [0.25, 0.3) is 10.9 Å². The average Bonchev–Trinajstić information content (AvgIpc) is 2.61. The highest BCUT2D eigenvalue weighted by molar-refractivity contribution is 6.31. The second kappa shape index (κ2) is 4.71. The number of halogens is 1. The number of carbonyl (C=O) groups is 1. The minimum Gasteiger partial charge on any atom is -0.340 e. The van der Waals surface area contributed by atoms with Crippen LogP contribution in [0.3, 0.4) is 0 Å². The van der Waals surface area contributed by atoms with E-state index in [1.165, 1.54) is 0 Å². The lowest BCUT2D eigenvalue weighted by molar-refractivity contribution is -0.119. The highest BCUT2D eigenvalue weighted by Gasteiger charge is 2.05. The number of nitrogens with zero attached hydrogens (tertiary/aromatic N) is 1. The first-order valence-electron chi connectivity index (χ1n) is 5.47. The van der Waals surface area contributed by atoms with Gasteiger partial charge in [-0.2, -0.15) is 0 Å². The van der Waals surface area contributed by atoms with Gasteiger partial charge in [-0.1, -0.05) is 24.6 Å². The Morgan fingerprint density at radius 3 is 2.94 bits per heavy atom. The molecule has 0 atom stereocenters. The molecule has 2 nitrogen and oxygen atoms in total. The summed E-state index contributed by atoms with van der Waals surface area (Å²) in [7, 11) is 0. The van der Waals surface area contributed by atoms with E-state index in [2.05, 4.69) is 0 Å². The molecule has 0 fully saturated rings. The van der Waals surface area contributed by atoms with Gasteiger partial charge in [-0.05, 0) is 30.0 Å². The van der Waals surface area contributed by atoms with Crippen LogP contribution in [-0.4, -0.2) is 10.4 Å². The SMILES string of the molecule is CCCC(=O)Cn1ccc2ccc(Cl)cc21. The van der Waals surface area contributed by atoms with Crippen molar-refractivity contribution in [3.63, 3.8) is 0 Å². The minimum absolute atomic E-state index is 0.264. The van der Waals surface area contributed by atoms with Crippen LogP contribution in [-0.2, 0) is 11.3 Å². The molecule has 3 heteroatoms. The zero-order valence-electron chi connectivity index (χ0n) is 9.24. The second-order valence-electron chi connectivity index (χ2n) is 3.94. The van der Waals surface area contributed by atoms with Gasteiger partial charge in [-0.3, -0.25) is 4.79 Å². The molecule has 0 saturated heterocycles. The van der Waals surface area contributed by atoms with Crippen molar-refractivity contribution in [1.82, 2.24) is 4.57 Å². The van der Waals surface area contributed by atoms with Crippen LogP contribution in [0.15, 0.2) is 30.5 Å². The Balaban J connectivity index is 2.30. The largest absolute Gasteiger partial charge is 0.340 e. The summed E-state index contributed by atoms with van der Waals surface area (Å²) in [5.74, 6) is 0.264. The third kappa shape index (κ3) is 2.27. The molecule has 0 aliphatic rings. The van der Waals surface area contributed by atoms with E-state index in [1.807, 2.05) is 42.0 Å². The molecule has 1 heterocycles. The summed E-state index contributed by atoms with van der Waals surface area (Å²) in [6.07, 6.45) is 3.48. The third-order valence-electron chi connectivity index (χ3n) is 2.61. The lowest BCUT2D eigenvalue weighted by atomic mass is 10.2. The van der Waals surface area contributed by atoms with E-state index in [4.69, 9.17) is 11.6 Å². The maximum Gasteiger partial charge on any atom is 0.152 e. The molecule has 0 radical (unpaired) electrons. The van der Waals surface area contributed by atoms with Gasteiger partial charge in [0.1, 0.15) is 0 Å². The normalized spacial score (nSPS) is 10.9. The van der Waals surface area contributed by atoms with Crippen molar-refractivity contribution in [2.75, 3.05) is 0 Å². The first kappa shape index (κ1) is 11.2. The molecule has 0 aliphatic heterocycles. The molecule has 2 aromatic rings. The molecule has 1 aromatic carbocycles. The molecule has 0 amide bonds. The van der Waals surface area contributed by atoms with Crippen molar-refractivity contribution in [3.8, 4) is 0 Å². The summed E-state index contributed by atoms with van der Waals surface area (Å²) in [5, 5.41) is 1.82. The van der Waals surface area contributed by atoms with Crippen LogP contribution in [0, 0.1) is 0 Å². The van der Waals surface area contributed by atoms with Crippen LogP contribution >= 0.6 is 11.6 Å². The van der Waals surface area contributed by atoms with E-state index in [1.54, 1.807) is 0 Å². The van der Waals surface area contributed by atoms with Gasteiger partial charge in [0.25, 0.3) is 0 Å². The van der Waals surface area contributed by atoms with Crippen LogP contribution in [0.2, 0.25) is 5.02 Å². The van der Waals surface area contributed by atoms with Gasteiger partial charge in [-0.15, -0.1) is 0 Å². The Morgan fingerprint density at radius 1 is 1.38 bits per heavy atom. The molecule has 0 unspecified atom stereocenters. The van der Waals surface area contributed by atoms with E-state index in [9.17, 15) is 4.79 Å². The van der Waals surface area contributed by atoms with Crippen molar-refractivity contribution in [2.24, 2.45) is 0 Å². The monoisotopic (exact) mass is 235 g/mol. The molecular formula is C13H14ClNO. The number of hydrogen-bond donors (Lipinski definition) is 0. The zero-order valence-corrected chi connectivity index (χ0v) is 10.00. The van der Waals surface area contributed by atoms with Gasteiger partial charge < -0.3 is 4.57 Å². The lowest BCUT2D eigenvalue weighted by Gasteiger charge is -2.04. The number of fused-ring (bicyclic) bond motifs is 1. The molecular weight excluding hydrogens is 222 g/mol. The summed E-state index contributed by atoms with van der Waals surface area (Å²) in [5.41, 5.74) is 1.02. The van der Waals surface area contributed by atoms with E-state index < -0.39 is 0 Å². The first-order chi connectivity index (χ1) is 7.70. The van der Waals surface area contributed by atoms with E-state index in [0.717, 1.165) is 17.3 Å². The maximum atomic E-state index is 11.6. The summed E-state index contributed by atoms with van der Waals surface area (Å²) in [6.45, 7) is 2.46. The predicted octanol–water partition coefficient (Wildman–Crippen LogP) is 3.66. The van der Waals surface area contributed by atoms with Crippen LogP contribution in [0.1, 0.15) is 19.8 Å². The lowest BCUT2D eigenvalue weighted by Crippen LogP contribution is -2.08. The predicted molar refractivity (Wildman–Crippen MR) is 66.9 cm³/mol. The fourth-order valence-corrected chi connectivity index (χ4v) is 2.01. The van der Waals surface area contributed by atoms with Crippen LogP contribution < -0.4 is 0 Å². The Bertz CT molecular complexity index is 516. The van der Waals surface area contributed by atoms with Gasteiger partial charge in [0.05, 0.1) is 6.54 Å². The third-order valence-corrected chi connectivity index (χ3v) is 2.85. The molecule has 0 bridgehead atoms. The number of aromatic nitrogens is 1. The number of ketones is 1. The average molecular weight is 236 g/mol. The zero-order chi connectivity index (χ0) is 11.5. The molecule has 0 spiro atoms. The number of rotatable bonds is 4. The Labute approximate surface area is 99.8 Å². The van der Waals surface area contributed by atoms with Crippen molar-refractivity contribution < 1.29 is 4.79 Å². The Hall–Kier alpha value is -1.28. The van der Waals surface area contributed by atoms with E-state index in [-0.39, 0.29) is 5.78 Å². The van der Waals surface area contributed by atoms with Gasteiger partial charge in [0.15, 0.2) is 5.78 Å². The molecule has 0 aliphatic carbocycles. The molecule has 84 valence electrons. The number of Topliss-reactive ketones (excluding diaryl/α,β-unsaturated/α-hetero) is 1. The number of benzene rings is 1. The second-order valence-corrected chi connectivity index (χ2v) is 4.37. The molecule has 2 rings (SSSR count). The molecule has 0 saturated carbocycles. The summed E-state index contributed by atoms with van der Waals surface area (Å²) < 4.78 is 1.96. The Kier molecular flexibility index (Phi) is 3.30. The molecule has 0 N–H and O–H groups in total. The Morgan fingerprint density at radius 2 is 2.19 bits per heavy atom. The van der Waals surface area contributed by atoms with Gasteiger partial charge in [0.2, 0.25) is 0 Å². The maximum absolute atomic E-state index is 11.6. The highest BCUT2D eigenvalue weighted by Crippen LogP contribution is 2.20. The van der Waals surface area contributed by atoms with Crippen LogP contribution in [0.4, 0.5) is 0 Å². The summed E-state index contributed by atoms with van der Waals surface area (Å²) >= 11 is 5.95. The van der Waals surface area contributed by atoms with Crippen molar-refractivity contribution in [2.45, 2.75) is 26.3 Å². The fourth-order valence-electron chi connectivity index (χ4n) is 1.84. The minimum atomic E-state index is 0.264. The molecule has 16 heavy (non-hydrogen) atoms. The number of carbonyl (C=O) groups excluding carboxylic acids is 1. The van der Waals surface area contributed by atoms with Gasteiger partial charge in [-0.25, -0.2) is 0 Å². The smallest absolute Gasteiger partial charge is 0.152 e.